The number of carbonyl (C=O) groups excluding carboxylic acids is 1. The predicted molar refractivity (Wildman–Crippen MR) is 121 cm³/mol. The molecule has 31 heavy (non-hydrogen) atoms. The van der Waals surface area contributed by atoms with Crippen LogP contribution in [0.15, 0.2) is 83.8 Å². The molecule has 3 aromatic carbocycles. The van der Waals surface area contributed by atoms with Gasteiger partial charge in [-0.05, 0) is 48.5 Å². The number of rotatable bonds is 7. The van der Waals surface area contributed by atoms with Crippen molar-refractivity contribution in [2.24, 2.45) is 7.05 Å². The van der Waals surface area contributed by atoms with Crippen LogP contribution in [0, 0.1) is 0 Å². The summed E-state index contributed by atoms with van der Waals surface area (Å²) in [7, 11) is -1.65. The van der Waals surface area contributed by atoms with Crippen molar-refractivity contribution in [2.75, 3.05) is 11.9 Å². The van der Waals surface area contributed by atoms with Gasteiger partial charge in [-0.2, -0.15) is 0 Å². The molecule has 0 unspecified atom stereocenters. The summed E-state index contributed by atoms with van der Waals surface area (Å²) in [6.07, 6.45) is 0.0264. The van der Waals surface area contributed by atoms with E-state index in [4.69, 9.17) is 0 Å². The van der Waals surface area contributed by atoms with Gasteiger partial charge in [0.2, 0.25) is 15.9 Å². The Morgan fingerprint density at radius 1 is 0.935 bits per heavy atom. The summed E-state index contributed by atoms with van der Waals surface area (Å²) >= 11 is 0. The molecule has 0 atom stereocenters. The van der Waals surface area contributed by atoms with Crippen LogP contribution in [-0.2, 0) is 21.9 Å². The third-order valence-electron chi connectivity index (χ3n) is 4.91. The Morgan fingerprint density at radius 2 is 1.61 bits per heavy atom. The Bertz CT molecular complexity index is 1310. The Hall–Kier alpha value is -3.49. The van der Waals surface area contributed by atoms with Crippen LogP contribution in [0.5, 0.6) is 0 Å². The van der Waals surface area contributed by atoms with Gasteiger partial charge in [0.15, 0.2) is 0 Å². The minimum absolute atomic E-state index is 0.0149. The Morgan fingerprint density at radius 3 is 2.32 bits per heavy atom. The van der Waals surface area contributed by atoms with E-state index < -0.39 is 10.0 Å². The molecule has 1 aromatic heterocycles. The summed E-state index contributed by atoms with van der Waals surface area (Å²) in [5.74, 6) is 0.570. The first-order valence-electron chi connectivity index (χ1n) is 9.80. The summed E-state index contributed by atoms with van der Waals surface area (Å²) in [5.41, 5.74) is 3.55. The zero-order valence-electron chi connectivity index (χ0n) is 16.9. The molecule has 0 saturated heterocycles. The third-order valence-corrected chi connectivity index (χ3v) is 6.39. The molecule has 2 N–H and O–H groups in total. The smallest absolute Gasteiger partial charge is 0.240 e. The van der Waals surface area contributed by atoms with Crippen molar-refractivity contribution >= 4 is 32.7 Å². The van der Waals surface area contributed by atoms with Crippen LogP contribution in [0.3, 0.4) is 0 Å². The molecule has 0 spiro atoms. The monoisotopic (exact) mass is 434 g/mol. The number of para-hydroxylation sites is 2. The highest BCUT2D eigenvalue weighted by atomic mass is 32.2. The highest BCUT2D eigenvalue weighted by molar-refractivity contribution is 7.89. The summed E-state index contributed by atoms with van der Waals surface area (Å²) < 4.78 is 28.8. The molecule has 1 amide bonds. The first-order valence-corrected chi connectivity index (χ1v) is 11.3. The summed E-state index contributed by atoms with van der Waals surface area (Å²) in [5, 5.41) is 2.79. The summed E-state index contributed by atoms with van der Waals surface area (Å²) in [4.78, 5) is 17.0. The lowest BCUT2D eigenvalue weighted by molar-refractivity contribution is -0.116. The molecule has 158 valence electrons. The highest BCUT2D eigenvalue weighted by Crippen LogP contribution is 2.24. The molecule has 1 heterocycles. The first-order chi connectivity index (χ1) is 14.9. The second-order valence-electron chi connectivity index (χ2n) is 7.07. The van der Waals surface area contributed by atoms with Crippen LogP contribution in [0.1, 0.15) is 6.42 Å². The Balaban J connectivity index is 1.35. The maximum Gasteiger partial charge on any atom is 0.240 e. The molecule has 0 aliphatic heterocycles. The van der Waals surface area contributed by atoms with E-state index in [9.17, 15) is 13.2 Å². The fraction of sp³-hybridized carbons (Fsp3) is 0.130. The van der Waals surface area contributed by atoms with Crippen LogP contribution >= 0.6 is 0 Å². The van der Waals surface area contributed by atoms with Crippen molar-refractivity contribution in [3.63, 3.8) is 0 Å². The van der Waals surface area contributed by atoms with Crippen molar-refractivity contribution in [1.29, 1.82) is 0 Å². The van der Waals surface area contributed by atoms with Gasteiger partial charge in [-0.15, -0.1) is 0 Å². The Labute approximate surface area is 180 Å². The van der Waals surface area contributed by atoms with Gasteiger partial charge in [-0.25, -0.2) is 18.1 Å². The lowest BCUT2D eigenvalue weighted by atomic mass is 10.2. The van der Waals surface area contributed by atoms with Crippen LogP contribution in [-0.4, -0.2) is 30.4 Å². The van der Waals surface area contributed by atoms with Gasteiger partial charge in [0.25, 0.3) is 0 Å². The molecule has 7 nitrogen and oxygen atoms in total. The number of carbonyl (C=O) groups is 1. The zero-order valence-corrected chi connectivity index (χ0v) is 17.8. The SMILES string of the molecule is Cn1c(-c2ccc(NC(=O)CCNS(=O)(=O)c3ccccc3)cc2)nc2ccccc21. The van der Waals surface area contributed by atoms with Gasteiger partial charge >= 0.3 is 0 Å². The summed E-state index contributed by atoms with van der Waals surface area (Å²) in [6, 6.07) is 23.4. The van der Waals surface area contributed by atoms with Gasteiger partial charge in [-0.1, -0.05) is 30.3 Å². The van der Waals surface area contributed by atoms with E-state index in [2.05, 4.69) is 15.0 Å². The van der Waals surface area contributed by atoms with E-state index in [1.165, 1.54) is 12.1 Å². The largest absolute Gasteiger partial charge is 0.327 e. The number of aryl methyl sites for hydroxylation is 1. The van der Waals surface area contributed by atoms with Crippen LogP contribution in [0.2, 0.25) is 0 Å². The number of hydrogen-bond acceptors (Lipinski definition) is 4. The molecule has 4 aromatic rings. The number of nitrogens with zero attached hydrogens (tertiary/aromatic N) is 2. The second-order valence-corrected chi connectivity index (χ2v) is 8.84. The standard InChI is InChI=1S/C23H22N4O3S/c1-27-21-10-6-5-9-20(21)26-23(27)17-11-13-18(14-12-17)25-22(28)15-16-24-31(29,30)19-7-3-2-4-8-19/h2-14,24H,15-16H2,1H3,(H,25,28). The van der Waals surface area contributed by atoms with Crippen molar-refractivity contribution in [3.05, 3.63) is 78.9 Å². The highest BCUT2D eigenvalue weighted by Gasteiger charge is 2.14. The lowest BCUT2D eigenvalue weighted by Crippen LogP contribution is -2.27. The van der Waals surface area contributed by atoms with E-state index in [0.29, 0.717) is 5.69 Å². The average Bonchev–Trinajstić information content (AvgIpc) is 3.11. The van der Waals surface area contributed by atoms with Gasteiger partial charge in [-0.3, -0.25) is 4.79 Å². The van der Waals surface area contributed by atoms with Gasteiger partial charge in [0, 0.05) is 31.3 Å². The first kappa shape index (κ1) is 20.8. The number of imidazole rings is 1. The molecule has 0 aliphatic carbocycles. The van der Waals surface area contributed by atoms with Crippen molar-refractivity contribution in [3.8, 4) is 11.4 Å². The molecule has 0 bridgehead atoms. The van der Waals surface area contributed by atoms with Crippen LogP contribution < -0.4 is 10.0 Å². The lowest BCUT2D eigenvalue weighted by Gasteiger charge is -2.08. The van der Waals surface area contributed by atoms with E-state index >= 15 is 0 Å². The van der Waals surface area contributed by atoms with E-state index in [0.717, 1.165) is 22.4 Å². The summed E-state index contributed by atoms with van der Waals surface area (Å²) in [6.45, 7) is 0.0149. The van der Waals surface area contributed by atoms with Gasteiger partial charge in [0.1, 0.15) is 5.82 Å². The number of aromatic nitrogens is 2. The van der Waals surface area contributed by atoms with Crippen molar-refractivity contribution in [1.82, 2.24) is 14.3 Å². The number of sulfonamides is 1. The van der Waals surface area contributed by atoms with Crippen molar-refractivity contribution in [2.45, 2.75) is 11.3 Å². The zero-order chi connectivity index (χ0) is 21.8. The quantitative estimate of drug-likeness (QED) is 0.465. The molecular formula is C23H22N4O3S. The number of nitrogens with one attached hydrogen (secondary N) is 2. The molecule has 0 aliphatic rings. The third kappa shape index (κ3) is 4.65. The maximum atomic E-state index is 12.2. The fourth-order valence-corrected chi connectivity index (χ4v) is 4.36. The maximum absolute atomic E-state index is 12.2. The van der Waals surface area contributed by atoms with Gasteiger partial charge in [0.05, 0.1) is 15.9 Å². The van der Waals surface area contributed by atoms with E-state index in [1.807, 2.05) is 48.0 Å². The van der Waals surface area contributed by atoms with Gasteiger partial charge < -0.3 is 9.88 Å². The molecule has 0 radical (unpaired) electrons. The minimum atomic E-state index is -3.62. The van der Waals surface area contributed by atoms with E-state index in [1.54, 1.807) is 30.3 Å². The van der Waals surface area contributed by atoms with Crippen LogP contribution in [0.25, 0.3) is 22.4 Å². The fourth-order valence-electron chi connectivity index (χ4n) is 3.31. The van der Waals surface area contributed by atoms with Crippen LogP contribution in [0.4, 0.5) is 5.69 Å². The number of benzene rings is 3. The average molecular weight is 435 g/mol. The van der Waals surface area contributed by atoms with E-state index in [-0.39, 0.29) is 23.8 Å². The molecule has 0 saturated carbocycles. The normalized spacial score (nSPS) is 11.5. The molecule has 4 rings (SSSR count). The molecule has 0 fully saturated rings. The number of anilines is 1. The Kier molecular flexibility index (Phi) is 5.83. The minimum Gasteiger partial charge on any atom is -0.327 e. The molecule has 8 heteroatoms. The second kappa shape index (κ2) is 8.71. The number of hydrogen-bond donors (Lipinski definition) is 2. The predicted octanol–water partition coefficient (Wildman–Crippen LogP) is 3.55. The van der Waals surface area contributed by atoms with Crippen molar-refractivity contribution < 1.29 is 13.2 Å². The molecular weight excluding hydrogens is 412 g/mol. The number of amides is 1. The number of fused-ring (bicyclic) bond motifs is 1. The topological polar surface area (TPSA) is 93.1 Å².